The Bertz CT molecular complexity index is 1020. The van der Waals surface area contributed by atoms with E-state index in [1.165, 1.54) is 11.1 Å². The van der Waals surface area contributed by atoms with Gasteiger partial charge in [0, 0.05) is 18.7 Å². The van der Waals surface area contributed by atoms with Gasteiger partial charge in [-0.3, -0.25) is 9.69 Å². The van der Waals surface area contributed by atoms with E-state index in [0.717, 1.165) is 12.1 Å². The van der Waals surface area contributed by atoms with Crippen LogP contribution in [0.25, 0.3) is 0 Å². The number of carbonyl (C=O) groups excluding carboxylic acids is 1. The molecule has 0 heterocycles. The van der Waals surface area contributed by atoms with E-state index in [1.807, 2.05) is 36.4 Å². The Labute approximate surface area is 172 Å². The third kappa shape index (κ3) is 5.71. The summed E-state index contributed by atoms with van der Waals surface area (Å²) in [7, 11) is 0. The van der Waals surface area contributed by atoms with Gasteiger partial charge in [0.05, 0.1) is 17.9 Å². The molecule has 0 bridgehead atoms. The maximum atomic E-state index is 12.5. The summed E-state index contributed by atoms with van der Waals surface area (Å²) < 4.78 is 0. The van der Waals surface area contributed by atoms with Crippen molar-refractivity contribution in [2.75, 3.05) is 17.6 Å². The normalized spacial score (nSPS) is 10.5. The maximum Gasteiger partial charge on any atom is 0.255 e. The van der Waals surface area contributed by atoms with Crippen LogP contribution >= 0.6 is 0 Å². The summed E-state index contributed by atoms with van der Waals surface area (Å²) >= 11 is 0. The van der Waals surface area contributed by atoms with E-state index >= 15 is 0 Å². The number of amides is 1. The van der Waals surface area contributed by atoms with Gasteiger partial charge in [0.1, 0.15) is 0 Å². The zero-order valence-corrected chi connectivity index (χ0v) is 16.6. The number of carbonyl (C=O) groups is 1. The number of rotatable bonds is 7. The van der Waals surface area contributed by atoms with Crippen molar-refractivity contribution in [2.24, 2.45) is 0 Å². The van der Waals surface area contributed by atoms with E-state index < -0.39 is 0 Å². The second kappa shape index (κ2) is 9.59. The lowest BCUT2D eigenvalue weighted by molar-refractivity contribution is 0.102. The van der Waals surface area contributed by atoms with Crippen LogP contribution in [-0.4, -0.2) is 17.4 Å². The monoisotopic (exact) mass is 383 g/mol. The summed E-state index contributed by atoms with van der Waals surface area (Å²) in [6.07, 6.45) is 5.56. The number of para-hydroxylation sites is 2. The van der Waals surface area contributed by atoms with E-state index in [2.05, 4.69) is 47.3 Å². The number of nitrogens with zero attached hydrogens (tertiary/aromatic N) is 1. The maximum absolute atomic E-state index is 12.5. The molecule has 146 valence electrons. The fourth-order valence-electron chi connectivity index (χ4n) is 3.19. The molecule has 0 aliphatic heterocycles. The number of hydrogen-bond donors (Lipinski definition) is 2. The van der Waals surface area contributed by atoms with Gasteiger partial charge in [-0.25, -0.2) is 0 Å². The molecule has 0 radical (unpaired) electrons. The topological polar surface area (TPSA) is 58.4 Å². The van der Waals surface area contributed by atoms with Crippen molar-refractivity contribution in [2.45, 2.75) is 20.0 Å². The number of benzene rings is 3. The molecule has 0 aliphatic carbocycles. The molecule has 3 N–H and O–H groups in total. The van der Waals surface area contributed by atoms with Crippen LogP contribution in [0.5, 0.6) is 0 Å². The van der Waals surface area contributed by atoms with Crippen LogP contribution in [0.2, 0.25) is 0 Å². The van der Waals surface area contributed by atoms with Crippen LogP contribution in [-0.2, 0) is 13.1 Å². The first-order chi connectivity index (χ1) is 14.0. The summed E-state index contributed by atoms with van der Waals surface area (Å²) in [6.45, 7) is 4.14. The molecule has 3 aromatic carbocycles. The molecule has 0 fully saturated rings. The number of nitrogen functional groups attached to an aromatic ring is 1. The number of nitrogens with one attached hydrogen (secondary N) is 1. The largest absolute Gasteiger partial charge is 0.397 e. The van der Waals surface area contributed by atoms with Gasteiger partial charge in [-0.15, -0.1) is 6.42 Å². The van der Waals surface area contributed by atoms with Gasteiger partial charge in [-0.1, -0.05) is 60.0 Å². The molecule has 0 aromatic heterocycles. The van der Waals surface area contributed by atoms with Crippen molar-refractivity contribution < 1.29 is 4.79 Å². The average Bonchev–Trinajstić information content (AvgIpc) is 2.70. The van der Waals surface area contributed by atoms with Gasteiger partial charge in [0.15, 0.2) is 0 Å². The summed E-state index contributed by atoms with van der Waals surface area (Å²) in [5.41, 5.74) is 11.2. The molecule has 0 atom stereocenters. The molecule has 0 saturated carbocycles. The highest BCUT2D eigenvalue weighted by atomic mass is 16.1. The highest BCUT2D eigenvalue weighted by Gasteiger charge is 2.10. The lowest BCUT2D eigenvalue weighted by Gasteiger charge is -2.20. The smallest absolute Gasteiger partial charge is 0.255 e. The molecular formula is C25H25N3O. The van der Waals surface area contributed by atoms with Gasteiger partial charge < -0.3 is 11.1 Å². The number of aryl methyl sites for hydroxylation is 1. The van der Waals surface area contributed by atoms with E-state index in [0.29, 0.717) is 30.0 Å². The molecule has 0 spiro atoms. The van der Waals surface area contributed by atoms with Crippen LogP contribution in [0.1, 0.15) is 27.0 Å². The Balaban J connectivity index is 1.65. The molecule has 3 aromatic rings. The van der Waals surface area contributed by atoms with Crippen LogP contribution in [0, 0.1) is 19.3 Å². The third-order valence-corrected chi connectivity index (χ3v) is 4.63. The number of hydrogen-bond acceptors (Lipinski definition) is 3. The third-order valence-electron chi connectivity index (χ3n) is 4.63. The summed E-state index contributed by atoms with van der Waals surface area (Å²) in [5.74, 6) is 2.55. The van der Waals surface area contributed by atoms with Gasteiger partial charge >= 0.3 is 0 Å². The molecule has 0 saturated heterocycles. The first-order valence-electron chi connectivity index (χ1n) is 9.51. The quantitative estimate of drug-likeness (QED) is 0.468. The predicted molar refractivity (Wildman–Crippen MR) is 119 cm³/mol. The average molecular weight is 383 g/mol. The Hall–Kier alpha value is -3.55. The van der Waals surface area contributed by atoms with E-state index in [4.69, 9.17) is 12.2 Å². The Morgan fingerprint density at radius 2 is 1.72 bits per heavy atom. The van der Waals surface area contributed by atoms with Crippen molar-refractivity contribution in [1.82, 2.24) is 4.90 Å². The van der Waals surface area contributed by atoms with Crippen molar-refractivity contribution in [1.29, 1.82) is 0 Å². The Kier molecular flexibility index (Phi) is 6.67. The number of nitrogens with two attached hydrogens (primary N) is 1. The standard InChI is InChI=1S/C25H25N3O/c1-3-15-28(18-21-8-6-7-19(2)16-21)17-20-11-13-22(14-12-20)25(29)27-24-10-5-4-9-23(24)26/h1,4-14,16H,15,17-18,26H2,2H3,(H,27,29). The fraction of sp³-hybridized carbons (Fsp3) is 0.160. The SMILES string of the molecule is C#CCN(Cc1ccc(C(=O)Nc2ccccc2N)cc1)Cc1cccc(C)c1. The molecule has 4 nitrogen and oxygen atoms in total. The first-order valence-corrected chi connectivity index (χ1v) is 9.51. The van der Waals surface area contributed by atoms with Gasteiger partial charge in [0.2, 0.25) is 0 Å². The van der Waals surface area contributed by atoms with Crippen LogP contribution < -0.4 is 11.1 Å². The zero-order chi connectivity index (χ0) is 20.6. The molecule has 0 aliphatic rings. The zero-order valence-electron chi connectivity index (χ0n) is 16.6. The minimum absolute atomic E-state index is 0.185. The molecule has 1 amide bonds. The van der Waals surface area contributed by atoms with Crippen molar-refractivity contribution in [3.63, 3.8) is 0 Å². The molecule has 0 unspecified atom stereocenters. The molecule has 29 heavy (non-hydrogen) atoms. The van der Waals surface area contributed by atoms with Gasteiger partial charge in [0.25, 0.3) is 5.91 Å². The first kappa shape index (κ1) is 20.2. The molecular weight excluding hydrogens is 358 g/mol. The van der Waals surface area contributed by atoms with Crippen molar-refractivity contribution in [3.05, 3.63) is 95.1 Å². The number of anilines is 2. The van der Waals surface area contributed by atoms with Gasteiger partial charge in [-0.05, 0) is 42.3 Å². The van der Waals surface area contributed by atoms with Crippen LogP contribution in [0.4, 0.5) is 11.4 Å². The van der Waals surface area contributed by atoms with E-state index in [-0.39, 0.29) is 5.91 Å². The van der Waals surface area contributed by atoms with Gasteiger partial charge in [-0.2, -0.15) is 0 Å². The second-order valence-electron chi connectivity index (χ2n) is 7.08. The number of terminal acetylenes is 1. The van der Waals surface area contributed by atoms with E-state index in [9.17, 15) is 4.79 Å². The Morgan fingerprint density at radius 1 is 1.00 bits per heavy atom. The summed E-state index contributed by atoms with van der Waals surface area (Å²) in [6, 6.07) is 23.2. The minimum Gasteiger partial charge on any atom is -0.397 e. The Morgan fingerprint density at radius 3 is 2.41 bits per heavy atom. The summed E-state index contributed by atoms with van der Waals surface area (Å²) in [5, 5.41) is 2.84. The lowest BCUT2D eigenvalue weighted by atomic mass is 10.1. The molecule has 4 heteroatoms. The minimum atomic E-state index is -0.185. The van der Waals surface area contributed by atoms with E-state index in [1.54, 1.807) is 12.1 Å². The highest BCUT2D eigenvalue weighted by Crippen LogP contribution is 2.18. The van der Waals surface area contributed by atoms with Crippen molar-refractivity contribution >= 4 is 17.3 Å². The van der Waals surface area contributed by atoms with Crippen LogP contribution in [0.15, 0.2) is 72.8 Å². The lowest BCUT2D eigenvalue weighted by Crippen LogP contribution is -2.23. The second-order valence-corrected chi connectivity index (χ2v) is 7.08. The fourth-order valence-corrected chi connectivity index (χ4v) is 3.19. The van der Waals surface area contributed by atoms with Crippen molar-refractivity contribution in [3.8, 4) is 12.3 Å². The van der Waals surface area contributed by atoms with Crippen LogP contribution in [0.3, 0.4) is 0 Å². The predicted octanol–water partition coefficient (Wildman–Crippen LogP) is 4.46. The molecule has 3 rings (SSSR count). The summed E-state index contributed by atoms with van der Waals surface area (Å²) in [4.78, 5) is 14.7. The highest BCUT2D eigenvalue weighted by molar-refractivity contribution is 6.05.